The number of aromatic nitrogens is 2. The molecule has 1 aromatic carbocycles. The highest BCUT2D eigenvalue weighted by Gasteiger charge is 2.10. The molecule has 5 heteroatoms. The average molecular weight is 246 g/mol. The van der Waals surface area contributed by atoms with Gasteiger partial charge < -0.3 is 11.1 Å². The molecule has 0 amide bonds. The van der Waals surface area contributed by atoms with E-state index in [1.165, 1.54) is 12.4 Å². The molecule has 0 saturated heterocycles. The van der Waals surface area contributed by atoms with Gasteiger partial charge in [-0.05, 0) is 18.6 Å². The monoisotopic (exact) mass is 246 g/mol. The molecule has 0 atom stereocenters. The molecular formula is C13H15FN4. The summed E-state index contributed by atoms with van der Waals surface area (Å²) in [5.74, 6) is 0.678. The first kappa shape index (κ1) is 12.3. The zero-order chi connectivity index (χ0) is 13.0. The third-order valence-electron chi connectivity index (χ3n) is 2.61. The van der Waals surface area contributed by atoms with Gasteiger partial charge in [-0.2, -0.15) is 0 Å². The highest BCUT2D eigenvalue weighted by Crippen LogP contribution is 2.24. The van der Waals surface area contributed by atoms with Gasteiger partial charge >= 0.3 is 0 Å². The number of nitrogens with zero attached hydrogens (tertiary/aromatic N) is 2. The van der Waals surface area contributed by atoms with E-state index in [-0.39, 0.29) is 5.82 Å². The van der Waals surface area contributed by atoms with Gasteiger partial charge in [-0.15, -0.1) is 0 Å². The zero-order valence-electron chi connectivity index (χ0n) is 10.2. The van der Waals surface area contributed by atoms with Crippen molar-refractivity contribution in [2.45, 2.75) is 19.8 Å². The zero-order valence-corrected chi connectivity index (χ0v) is 10.2. The average Bonchev–Trinajstić information content (AvgIpc) is 2.36. The van der Waals surface area contributed by atoms with E-state index >= 15 is 0 Å². The molecule has 0 saturated carbocycles. The van der Waals surface area contributed by atoms with Crippen LogP contribution in [0.1, 0.15) is 18.9 Å². The second kappa shape index (κ2) is 5.44. The number of nitrogen functional groups attached to an aromatic ring is 1. The van der Waals surface area contributed by atoms with Crippen LogP contribution >= 0.6 is 0 Å². The van der Waals surface area contributed by atoms with Crippen LogP contribution in [0, 0.1) is 5.82 Å². The van der Waals surface area contributed by atoms with Crippen molar-refractivity contribution in [3.63, 3.8) is 0 Å². The molecule has 0 aliphatic carbocycles. The second-order valence-electron chi connectivity index (χ2n) is 3.94. The minimum Gasteiger partial charge on any atom is -0.383 e. The molecule has 2 rings (SSSR count). The lowest BCUT2D eigenvalue weighted by Crippen LogP contribution is -2.05. The first-order valence-corrected chi connectivity index (χ1v) is 5.83. The van der Waals surface area contributed by atoms with E-state index in [9.17, 15) is 4.39 Å². The fourth-order valence-corrected chi connectivity index (χ4v) is 1.72. The van der Waals surface area contributed by atoms with Crippen LogP contribution in [-0.2, 0) is 6.42 Å². The maximum Gasteiger partial charge on any atom is 0.146 e. The number of hydrogen-bond acceptors (Lipinski definition) is 4. The lowest BCUT2D eigenvalue weighted by Gasteiger charge is -2.12. The van der Waals surface area contributed by atoms with Crippen LogP contribution in [0.15, 0.2) is 30.6 Å². The number of benzene rings is 1. The van der Waals surface area contributed by atoms with Crippen LogP contribution in [0.5, 0.6) is 0 Å². The first-order chi connectivity index (χ1) is 8.72. The predicted molar refractivity (Wildman–Crippen MR) is 70.1 cm³/mol. The fraction of sp³-hybridized carbons (Fsp3) is 0.231. The molecule has 18 heavy (non-hydrogen) atoms. The molecule has 0 unspecified atom stereocenters. The van der Waals surface area contributed by atoms with Gasteiger partial charge in [-0.1, -0.05) is 25.5 Å². The van der Waals surface area contributed by atoms with Crippen molar-refractivity contribution in [3.8, 4) is 0 Å². The normalized spacial score (nSPS) is 10.3. The van der Waals surface area contributed by atoms with Gasteiger partial charge in [0.2, 0.25) is 0 Å². The summed E-state index contributed by atoms with van der Waals surface area (Å²) in [6.45, 7) is 2.04. The highest BCUT2D eigenvalue weighted by molar-refractivity contribution is 5.64. The molecule has 3 N–H and O–H groups in total. The molecule has 1 heterocycles. The lowest BCUT2D eigenvalue weighted by molar-refractivity contribution is 0.631. The van der Waals surface area contributed by atoms with Gasteiger partial charge in [0, 0.05) is 5.56 Å². The molecule has 0 bridgehead atoms. The quantitative estimate of drug-likeness (QED) is 0.870. The summed E-state index contributed by atoms with van der Waals surface area (Å²) in [4.78, 5) is 8.08. The number of halogens is 1. The molecule has 0 aliphatic heterocycles. The molecule has 0 fully saturated rings. The van der Waals surface area contributed by atoms with Gasteiger partial charge in [0.15, 0.2) is 0 Å². The number of nitrogens with one attached hydrogen (secondary N) is 1. The summed E-state index contributed by atoms with van der Waals surface area (Å²) in [5.41, 5.74) is 7.02. The number of hydrogen-bond donors (Lipinski definition) is 2. The third kappa shape index (κ3) is 2.56. The molecular weight excluding hydrogens is 231 g/mol. The standard InChI is InChI=1S/C13H15FN4/c1-2-5-9-12(15)16-8-17-13(9)18-11-7-4-3-6-10(11)14/h3-4,6-8H,2,5H2,1H3,(H3,15,16,17,18). The van der Waals surface area contributed by atoms with Gasteiger partial charge in [-0.25, -0.2) is 14.4 Å². The van der Waals surface area contributed by atoms with Crippen LogP contribution in [0.2, 0.25) is 0 Å². The van der Waals surface area contributed by atoms with Crippen LogP contribution < -0.4 is 11.1 Å². The third-order valence-corrected chi connectivity index (χ3v) is 2.61. The van der Waals surface area contributed by atoms with Crippen molar-refractivity contribution in [1.29, 1.82) is 0 Å². The molecule has 4 nitrogen and oxygen atoms in total. The van der Waals surface area contributed by atoms with E-state index in [0.717, 1.165) is 18.4 Å². The summed E-state index contributed by atoms with van der Waals surface area (Å²) in [7, 11) is 0. The van der Waals surface area contributed by atoms with Crippen LogP contribution in [-0.4, -0.2) is 9.97 Å². The van der Waals surface area contributed by atoms with Crippen LogP contribution in [0.25, 0.3) is 0 Å². The second-order valence-corrected chi connectivity index (χ2v) is 3.94. The fourth-order valence-electron chi connectivity index (χ4n) is 1.72. The van der Waals surface area contributed by atoms with E-state index in [4.69, 9.17) is 5.73 Å². The topological polar surface area (TPSA) is 63.8 Å². The summed E-state index contributed by atoms with van der Waals surface area (Å²) >= 11 is 0. The Hall–Kier alpha value is -2.17. The summed E-state index contributed by atoms with van der Waals surface area (Å²) in [6, 6.07) is 6.45. The Morgan fingerprint density at radius 1 is 1.28 bits per heavy atom. The van der Waals surface area contributed by atoms with Crippen LogP contribution in [0.3, 0.4) is 0 Å². The smallest absolute Gasteiger partial charge is 0.146 e. The lowest BCUT2D eigenvalue weighted by atomic mass is 10.1. The van der Waals surface area contributed by atoms with Crippen molar-refractivity contribution >= 4 is 17.3 Å². The van der Waals surface area contributed by atoms with Crippen molar-refractivity contribution in [2.24, 2.45) is 0 Å². The van der Waals surface area contributed by atoms with E-state index < -0.39 is 0 Å². The van der Waals surface area contributed by atoms with Crippen molar-refractivity contribution in [3.05, 3.63) is 42.0 Å². The van der Waals surface area contributed by atoms with Crippen LogP contribution in [0.4, 0.5) is 21.7 Å². The molecule has 0 spiro atoms. The van der Waals surface area contributed by atoms with E-state index in [2.05, 4.69) is 15.3 Å². The van der Waals surface area contributed by atoms with Gasteiger partial charge in [0.1, 0.15) is 23.8 Å². The van der Waals surface area contributed by atoms with Gasteiger partial charge in [-0.3, -0.25) is 0 Å². The Kier molecular flexibility index (Phi) is 3.72. The largest absolute Gasteiger partial charge is 0.383 e. The summed E-state index contributed by atoms with van der Waals surface area (Å²) in [6.07, 6.45) is 3.05. The Labute approximate surface area is 105 Å². The Bertz CT molecular complexity index is 542. The summed E-state index contributed by atoms with van der Waals surface area (Å²) in [5, 5.41) is 2.96. The van der Waals surface area contributed by atoms with Crippen molar-refractivity contribution < 1.29 is 4.39 Å². The highest BCUT2D eigenvalue weighted by atomic mass is 19.1. The van der Waals surface area contributed by atoms with Gasteiger partial charge in [0.05, 0.1) is 5.69 Å². The SMILES string of the molecule is CCCc1c(N)ncnc1Nc1ccccc1F. The Balaban J connectivity index is 2.34. The summed E-state index contributed by atoms with van der Waals surface area (Å²) < 4.78 is 13.6. The molecule has 2 aromatic rings. The van der Waals surface area contributed by atoms with Crippen molar-refractivity contribution in [1.82, 2.24) is 9.97 Å². The van der Waals surface area contributed by atoms with E-state index in [1.54, 1.807) is 18.2 Å². The molecule has 1 aromatic heterocycles. The first-order valence-electron chi connectivity index (χ1n) is 5.83. The minimum absolute atomic E-state index is 0.322. The Morgan fingerprint density at radius 2 is 2.06 bits per heavy atom. The number of nitrogens with two attached hydrogens (primary N) is 1. The number of para-hydroxylation sites is 1. The van der Waals surface area contributed by atoms with E-state index in [0.29, 0.717) is 17.3 Å². The molecule has 94 valence electrons. The van der Waals surface area contributed by atoms with Gasteiger partial charge in [0.25, 0.3) is 0 Å². The maximum absolute atomic E-state index is 13.6. The number of rotatable bonds is 4. The number of anilines is 3. The molecule has 0 radical (unpaired) electrons. The maximum atomic E-state index is 13.6. The molecule has 0 aliphatic rings. The van der Waals surface area contributed by atoms with Crippen molar-refractivity contribution in [2.75, 3.05) is 11.1 Å². The van der Waals surface area contributed by atoms with E-state index in [1.807, 2.05) is 6.92 Å². The Morgan fingerprint density at radius 3 is 2.78 bits per heavy atom. The predicted octanol–water partition coefficient (Wildman–Crippen LogP) is 2.89. The minimum atomic E-state index is -0.322.